The molecule has 0 aromatic heterocycles. The molecule has 6 nitrogen and oxygen atoms in total. The summed E-state index contributed by atoms with van der Waals surface area (Å²) in [5, 5.41) is 15.4. The van der Waals surface area contributed by atoms with Gasteiger partial charge in [-0.1, -0.05) is 43.5 Å². The summed E-state index contributed by atoms with van der Waals surface area (Å²) >= 11 is 0. The Kier molecular flexibility index (Phi) is 7.45. The Balaban J connectivity index is 1.48. The van der Waals surface area contributed by atoms with Crippen LogP contribution in [0.5, 0.6) is 0 Å². The van der Waals surface area contributed by atoms with E-state index in [1.807, 2.05) is 24.3 Å². The van der Waals surface area contributed by atoms with Crippen molar-refractivity contribution in [2.24, 2.45) is 5.41 Å². The Morgan fingerprint density at radius 3 is 2.45 bits per heavy atom. The second kappa shape index (κ2) is 10.7. The van der Waals surface area contributed by atoms with Crippen molar-refractivity contribution in [3.05, 3.63) is 65.7 Å². The minimum Gasteiger partial charge on any atom is -0.478 e. The van der Waals surface area contributed by atoms with Gasteiger partial charge in [0.2, 0.25) is 5.91 Å². The predicted molar refractivity (Wildman–Crippen MR) is 132 cm³/mol. The third-order valence-electron chi connectivity index (χ3n) is 6.82. The van der Waals surface area contributed by atoms with Crippen molar-refractivity contribution in [3.63, 3.8) is 0 Å². The molecule has 4 rings (SSSR count). The van der Waals surface area contributed by atoms with E-state index >= 15 is 0 Å². The van der Waals surface area contributed by atoms with Crippen molar-refractivity contribution in [1.82, 2.24) is 5.32 Å². The maximum atomic E-state index is 13.5. The summed E-state index contributed by atoms with van der Waals surface area (Å²) in [6.07, 6.45) is 8.45. The lowest BCUT2D eigenvalue weighted by Crippen LogP contribution is -2.43. The average Bonchev–Trinajstić information content (AvgIpc) is 2.84. The van der Waals surface area contributed by atoms with Crippen LogP contribution in [0.25, 0.3) is 6.08 Å². The maximum Gasteiger partial charge on any atom is 0.328 e. The highest BCUT2D eigenvalue weighted by Gasteiger charge is 2.39. The van der Waals surface area contributed by atoms with Gasteiger partial charge in [-0.2, -0.15) is 0 Å². The van der Waals surface area contributed by atoms with Gasteiger partial charge in [-0.3, -0.25) is 4.79 Å². The van der Waals surface area contributed by atoms with E-state index in [9.17, 15) is 9.59 Å². The Hall–Kier alpha value is -3.12. The van der Waals surface area contributed by atoms with E-state index in [1.54, 1.807) is 0 Å². The number of nitrogens with zero attached hydrogens (tertiary/aromatic N) is 1. The van der Waals surface area contributed by atoms with Crippen LogP contribution in [0.15, 0.2) is 54.6 Å². The Morgan fingerprint density at radius 2 is 1.76 bits per heavy atom. The van der Waals surface area contributed by atoms with Gasteiger partial charge in [0.15, 0.2) is 0 Å². The smallest absolute Gasteiger partial charge is 0.328 e. The second-order valence-corrected chi connectivity index (χ2v) is 9.17. The van der Waals surface area contributed by atoms with E-state index in [2.05, 4.69) is 39.8 Å². The second-order valence-electron chi connectivity index (χ2n) is 9.17. The third kappa shape index (κ3) is 6.02. The van der Waals surface area contributed by atoms with Gasteiger partial charge in [-0.05, 0) is 60.7 Å². The number of piperazine rings is 1. The number of carboxylic acids is 1. The fourth-order valence-corrected chi connectivity index (χ4v) is 5.00. The highest BCUT2D eigenvalue weighted by molar-refractivity contribution is 5.96. The molecule has 174 valence electrons. The molecule has 0 spiro atoms. The van der Waals surface area contributed by atoms with Gasteiger partial charge in [-0.15, -0.1) is 0 Å². The molecular formula is C27H33N3O3. The quantitative estimate of drug-likeness (QED) is 0.551. The van der Waals surface area contributed by atoms with Gasteiger partial charge in [0.1, 0.15) is 0 Å². The zero-order chi connectivity index (χ0) is 23.1. The maximum absolute atomic E-state index is 13.5. The molecule has 33 heavy (non-hydrogen) atoms. The normalized spacial score (nSPS) is 18.2. The van der Waals surface area contributed by atoms with Crippen LogP contribution < -0.4 is 15.5 Å². The number of rotatable bonds is 7. The summed E-state index contributed by atoms with van der Waals surface area (Å²) < 4.78 is 0. The lowest BCUT2D eigenvalue weighted by Gasteiger charge is -2.36. The van der Waals surface area contributed by atoms with Gasteiger partial charge < -0.3 is 20.6 Å². The first-order chi connectivity index (χ1) is 16.0. The molecular weight excluding hydrogens is 414 g/mol. The molecule has 2 aliphatic rings. The van der Waals surface area contributed by atoms with Crippen molar-refractivity contribution >= 4 is 29.3 Å². The van der Waals surface area contributed by atoms with E-state index in [-0.39, 0.29) is 5.91 Å². The van der Waals surface area contributed by atoms with Gasteiger partial charge >= 0.3 is 5.97 Å². The molecule has 2 fully saturated rings. The molecule has 1 saturated carbocycles. The van der Waals surface area contributed by atoms with Crippen LogP contribution in [0.4, 0.5) is 11.4 Å². The molecule has 1 amide bonds. The highest BCUT2D eigenvalue weighted by atomic mass is 16.4. The first-order valence-electron chi connectivity index (χ1n) is 11.9. The standard InChI is InChI=1S/C27H33N3O3/c31-25(32)12-9-21-5-4-6-23(19-21)29-26(33)27(13-2-1-3-14-27)20-22-7-10-24(11-8-22)30-17-15-28-16-18-30/h4-12,19,28H,1-3,13-18,20H2,(H,29,33)(H,31,32)/b12-9+. The zero-order valence-corrected chi connectivity index (χ0v) is 19.1. The van der Waals surface area contributed by atoms with Gasteiger partial charge in [0.25, 0.3) is 0 Å². The predicted octanol–water partition coefficient (Wildman–Crippen LogP) is 4.33. The lowest BCUT2D eigenvalue weighted by atomic mass is 9.69. The molecule has 0 atom stereocenters. The van der Waals surface area contributed by atoms with Crippen LogP contribution in [-0.2, 0) is 16.0 Å². The summed E-state index contributed by atoms with van der Waals surface area (Å²) in [7, 11) is 0. The fourth-order valence-electron chi connectivity index (χ4n) is 5.00. The van der Waals surface area contributed by atoms with E-state index in [0.717, 1.165) is 69.9 Å². The number of carbonyl (C=O) groups is 2. The number of aliphatic carboxylic acids is 1. The van der Waals surface area contributed by atoms with Crippen LogP contribution in [0, 0.1) is 5.41 Å². The molecule has 1 aliphatic heterocycles. The van der Waals surface area contributed by atoms with Gasteiger partial charge in [0.05, 0.1) is 5.41 Å². The fraction of sp³-hybridized carbons (Fsp3) is 0.407. The van der Waals surface area contributed by atoms with Crippen molar-refractivity contribution in [1.29, 1.82) is 0 Å². The Bertz CT molecular complexity index is 988. The molecule has 1 aliphatic carbocycles. The Morgan fingerprint density at radius 1 is 1.03 bits per heavy atom. The van der Waals surface area contributed by atoms with Crippen molar-refractivity contribution < 1.29 is 14.7 Å². The van der Waals surface area contributed by atoms with E-state index < -0.39 is 11.4 Å². The molecule has 2 aromatic rings. The minimum atomic E-state index is -0.992. The topological polar surface area (TPSA) is 81.7 Å². The molecule has 6 heteroatoms. The summed E-state index contributed by atoms with van der Waals surface area (Å²) in [6.45, 7) is 4.06. The Labute approximate surface area is 195 Å². The van der Waals surface area contributed by atoms with E-state index in [4.69, 9.17) is 5.11 Å². The zero-order valence-electron chi connectivity index (χ0n) is 19.1. The number of amides is 1. The molecule has 0 unspecified atom stereocenters. The van der Waals surface area contributed by atoms with Gasteiger partial charge in [0, 0.05) is 43.6 Å². The monoisotopic (exact) mass is 447 g/mol. The first kappa shape index (κ1) is 23.1. The number of carbonyl (C=O) groups excluding carboxylic acids is 1. The van der Waals surface area contributed by atoms with Crippen LogP contribution >= 0.6 is 0 Å². The number of nitrogens with one attached hydrogen (secondary N) is 2. The molecule has 0 bridgehead atoms. The van der Waals surface area contributed by atoms with Crippen LogP contribution in [0.3, 0.4) is 0 Å². The van der Waals surface area contributed by atoms with Crippen molar-refractivity contribution in [2.45, 2.75) is 38.5 Å². The van der Waals surface area contributed by atoms with Crippen LogP contribution in [-0.4, -0.2) is 43.2 Å². The number of anilines is 2. The number of benzene rings is 2. The van der Waals surface area contributed by atoms with Gasteiger partial charge in [-0.25, -0.2) is 4.79 Å². The molecule has 1 heterocycles. The SMILES string of the molecule is O=C(O)/C=C/c1cccc(NC(=O)C2(Cc3ccc(N4CCNCC4)cc3)CCCCC2)c1. The van der Waals surface area contributed by atoms with Crippen LogP contribution in [0.1, 0.15) is 43.2 Å². The van der Waals surface area contributed by atoms with E-state index in [0.29, 0.717) is 5.69 Å². The number of hydrogen-bond acceptors (Lipinski definition) is 4. The van der Waals surface area contributed by atoms with Crippen molar-refractivity contribution in [2.75, 3.05) is 36.4 Å². The third-order valence-corrected chi connectivity index (χ3v) is 6.82. The highest BCUT2D eigenvalue weighted by Crippen LogP contribution is 2.40. The summed E-state index contributed by atoms with van der Waals surface area (Å²) in [5.41, 5.74) is 3.47. The van der Waals surface area contributed by atoms with E-state index in [1.165, 1.54) is 23.7 Å². The summed E-state index contributed by atoms with van der Waals surface area (Å²) in [6, 6.07) is 16.1. The van der Waals surface area contributed by atoms with Crippen molar-refractivity contribution in [3.8, 4) is 0 Å². The molecule has 1 saturated heterocycles. The minimum absolute atomic E-state index is 0.0627. The average molecular weight is 448 g/mol. The number of hydrogen-bond donors (Lipinski definition) is 3. The first-order valence-corrected chi connectivity index (χ1v) is 11.9. The summed E-state index contributed by atoms with van der Waals surface area (Å²) in [5.74, 6) is -0.929. The van der Waals surface area contributed by atoms with Crippen LogP contribution in [0.2, 0.25) is 0 Å². The lowest BCUT2D eigenvalue weighted by molar-refractivity contribution is -0.131. The molecule has 0 radical (unpaired) electrons. The largest absolute Gasteiger partial charge is 0.478 e. The summed E-state index contributed by atoms with van der Waals surface area (Å²) in [4.78, 5) is 26.8. The molecule has 2 aromatic carbocycles. The molecule has 3 N–H and O–H groups in total. The number of carboxylic acid groups (broad SMARTS) is 1.